The fourth-order valence-electron chi connectivity index (χ4n) is 3.32. The van der Waals surface area contributed by atoms with Crippen LogP contribution in [0.1, 0.15) is 16.8 Å². The minimum absolute atomic E-state index is 0.0366. The maximum absolute atomic E-state index is 12.4. The molecule has 0 aromatic heterocycles. The lowest BCUT2D eigenvalue weighted by atomic mass is 10.1. The molecule has 2 aliphatic rings. The minimum atomic E-state index is -0.178. The Morgan fingerprint density at radius 3 is 2.93 bits per heavy atom. The van der Waals surface area contributed by atoms with E-state index in [1.165, 1.54) is 0 Å². The standard InChI is InChI=1S/C20H20N2O5/c1-25-16-4-2-3-14(8-16)20(24)21-10-13-7-19(23)22(11-13)15-5-6-17-18(9-15)27-12-26-17/h2-6,8-9,13H,7,10-12H2,1H3,(H,21,24). The molecule has 2 heterocycles. The summed E-state index contributed by atoms with van der Waals surface area (Å²) in [5.41, 5.74) is 1.32. The van der Waals surface area contributed by atoms with Gasteiger partial charge in [0.25, 0.3) is 5.91 Å². The van der Waals surface area contributed by atoms with Gasteiger partial charge in [0.1, 0.15) is 5.75 Å². The van der Waals surface area contributed by atoms with E-state index in [1.807, 2.05) is 18.2 Å². The molecule has 7 heteroatoms. The number of nitrogens with one attached hydrogen (secondary N) is 1. The summed E-state index contributed by atoms with van der Waals surface area (Å²) in [5.74, 6) is 1.88. The molecular weight excluding hydrogens is 348 g/mol. The molecule has 0 bridgehead atoms. The van der Waals surface area contributed by atoms with E-state index < -0.39 is 0 Å². The molecule has 1 unspecified atom stereocenters. The number of fused-ring (bicyclic) bond motifs is 1. The van der Waals surface area contributed by atoms with Gasteiger partial charge in [-0.15, -0.1) is 0 Å². The second-order valence-corrected chi connectivity index (χ2v) is 6.55. The Balaban J connectivity index is 1.37. The first-order valence-corrected chi connectivity index (χ1v) is 8.76. The van der Waals surface area contributed by atoms with Gasteiger partial charge in [-0.25, -0.2) is 0 Å². The van der Waals surface area contributed by atoms with E-state index in [0.29, 0.717) is 42.3 Å². The van der Waals surface area contributed by atoms with Crippen molar-refractivity contribution in [3.63, 3.8) is 0 Å². The number of ether oxygens (including phenoxy) is 3. The maximum Gasteiger partial charge on any atom is 0.251 e. The smallest absolute Gasteiger partial charge is 0.251 e. The predicted octanol–water partition coefficient (Wildman–Crippen LogP) is 2.21. The Hall–Kier alpha value is -3.22. The van der Waals surface area contributed by atoms with E-state index in [-0.39, 0.29) is 24.5 Å². The van der Waals surface area contributed by atoms with Crippen LogP contribution in [0.25, 0.3) is 0 Å². The lowest BCUT2D eigenvalue weighted by Crippen LogP contribution is -2.31. The van der Waals surface area contributed by atoms with Gasteiger partial charge >= 0.3 is 0 Å². The largest absolute Gasteiger partial charge is 0.497 e. The summed E-state index contributed by atoms with van der Waals surface area (Å²) in [4.78, 5) is 26.5. The Morgan fingerprint density at radius 2 is 2.07 bits per heavy atom. The predicted molar refractivity (Wildman–Crippen MR) is 98.4 cm³/mol. The maximum atomic E-state index is 12.4. The Kier molecular flexibility index (Phi) is 4.58. The van der Waals surface area contributed by atoms with E-state index in [4.69, 9.17) is 14.2 Å². The average molecular weight is 368 g/mol. The van der Waals surface area contributed by atoms with Crippen LogP contribution in [-0.4, -0.2) is 38.8 Å². The second-order valence-electron chi connectivity index (χ2n) is 6.55. The van der Waals surface area contributed by atoms with Crippen molar-refractivity contribution in [2.24, 2.45) is 5.92 Å². The number of rotatable bonds is 5. The first-order valence-electron chi connectivity index (χ1n) is 8.76. The highest BCUT2D eigenvalue weighted by atomic mass is 16.7. The van der Waals surface area contributed by atoms with Gasteiger partial charge in [-0.1, -0.05) is 6.07 Å². The van der Waals surface area contributed by atoms with Crippen LogP contribution in [-0.2, 0) is 4.79 Å². The molecule has 0 saturated carbocycles. The van der Waals surface area contributed by atoms with Crippen molar-refractivity contribution in [3.05, 3.63) is 48.0 Å². The molecule has 140 valence electrons. The monoisotopic (exact) mass is 368 g/mol. The summed E-state index contributed by atoms with van der Waals surface area (Å²) >= 11 is 0. The molecule has 2 aliphatic heterocycles. The molecule has 27 heavy (non-hydrogen) atoms. The van der Waals surface area contributed by atoms with Crippen LogP contribution >= 0.6 is 0 Å². The number of anilines is 1. The summed E-state index contributed by atoms with van der Waals surface area (Å²) in [6.07, 6.45) is 0.396. The van der Waals surface area contributed by atoms with Crippen LogP contribution in [0, 0.1) is 5.92 Å². The molecule has 0 radical (unpaired) electrons. The SMILES string of the molecule is COc1cccc(C(=O)NCC2CC(=O)N(c3ccc4c(c3)OCO4)C2)c1. The summed E-state index contributed by atoms with van der Waals surface area (Å²) in [6.45, 7) is 1.19. The molecule has 1 saturated heterocycles. The van der Waals surface area contributed by atoms with E-state index in [9.17, 15) is 9.59 Å². The molecule has 2 aromatic carbocycles. The molecule has 4 rings (SSSR count). The molecule has 2 amide bonds. The third-order valence-electron chi connectivity index (χ3n) is 4.76. The fraction of sp³-hybridized carbons (Fsp3) is 0.300. The van der Waals surface area contributed by atoms with Crippen molar-refractivity contribution in [1.82, 2.24) is 5.32 Å². The summed E-state index contributed by atoms with van der Waals surface area (Å²) < 4.78 is 15.8. The normalized spacial score (nSPS) is 17.9. The third kappa shape index (κ3) is 3.53. The van der Waals surface area contributed by atoms with Crippen molar-refractivity contribution in [2.45, 2.75) is 6.42 Å². The lowest BCUT2D eigenvalue weighted by Gasteiger charge is -2.17. The van der Waals surface area contributed by atoms with Crippen molar-refractivity contribution in [3.8, 4) is 17.2 Å². The number of benzene rings is 2. The molecule has 1 N–H and O–H groups in total. The quantitative estimate of drug-likeness (QED) is 0.876. The molecular formula is C20H20N2O5. The van der Waals surface area contributed by atoms with Gasteiger partial charge in [0.2, 0.25) is 12.7 Å². The number of amides is 2. The first kappa shape index (κ1) is 17.2. The Morgan fingerprint density at radius 1 is 1.22 bits per heavy atom. The zero-order valence-electron chi connectivity index (χ0n) is 14.9. The van der Waals surface area contributed by atoms with Gasteiger partial charge in [0.15, 0.2) is 11.5 Å². The van der Waals surface area contributed by atoms with Gasteiger partial charge in [-0.05, 0) is 30.3 Å². The van der Waals surface area contributed by atoms with Crippen molar-refractivity contribution < 1.29 is 23.8 Å². The highest BCUT2D eigenvalue weighted by Gasteiger charge is 2.31. The number of nitrogens with zero attached hydrogens (tertiary/aromatic N) is 1. The number of carbonyl (C=O) groups excluding carboxylic acids is 2. The van der Waals surface area contributed by atoms with Crippen LogP contribution in [0.4, 0.5) is 5.69 Å². The van der Waals surface area contributed by atoms with E-state index in [1.54, 1.807) is 36.3 Å². The molecule has 0 aliphatic carbocycles. The highest BCUT2D eigenvalue weighted by molar-refractivity contribution is 5.97. The fourth-order valence-corrected chi connectivity index (χ4v) is 3.32. The van der Waals surface area contributed by atoms with Crippen molar-refractivity contribution in [1.29, 1.82) is 0 Å². The van der Waals surface area contributed by atoms with Crippen LogP contribution in [0.3, 0.4) is 0 Å². The van der Waals surface area contributed by atoms with Crippen molar-refractivity contribution >= 4 is 17.5 Å². The summed E-state index contributed by atoms with van der Waals surface area (Å²) in [5, 5.41) is 2.91. The third-order valence-corrected chi connectivity index (χ3v) is 4.76. The lowest BCUT2D eigenvalue weighted by molar-refractivity contribution is -0.117. The van der Waals surface area contributed by atoms with Crippen LogP contribution in [0.2, 0.25) is 0 Å². The molecule has 1 atom stereocenters. The van der Waals surface area contributed by atoms with Gasteiger partial charge < -0.3 is 24.4 Å². The number of hydrogen-bond donors (Lipinski definition) is 1. The zero-order chi connectivity index (χ0) is 18.8. The molecule has 7 nitrogen and oxygen atoms in total. The van der Waals surface area contributed by atoms with Gasteiger partial charge in [0.05, 0.1) is 7.11 Å². The highest BCUT2D eigenvalue weighted by Crippen LogP contribution is 2.37. The van der Waals surface area contributed by atoms with E-state index in [2.05, 4.69) is 5.32 Å². The van der Waals surface area contributed by atoms with Gasteiger partial charge in [0, 0.05) is 42.7 Å². The van der Waals surface area contributed by atoms with E-state index in [0.717, 1.165) is 5.69 Å². The molecule has 2 aromatic rings. The van der Waals surface area contributed by atoms with Crippen LogP contribution < -0.4 is 24.4 Å². The van der Waals surface area contributed by atoms with Crippen LogP contribution in [0.15, 0.2) is 42.5 Å². The van der Waals surface area contributed by atoms with Gasteiger partial charge in [-0.3, -0.25) is 9.59 Å². The summed E-state index contributed by atoms with van der Waals surface area (Å²) in [7, 11) is 1.56. The zero-order valence-corrected chi connectivity index (χ0v) is 14.9. The van der Waals surface area contributed by atoms with Crippen LogP contribution in [0.5, 0.6) is 17.2 Å². The van der Waals surface area contributed by atoms with E-state index >= 15 is 0 Å². The Labute approximate surface area is 156 Å². The summed E-state index contributed by atoms with van der Waals surface area (Å²) in [6, 6.07) is 12.5. The molecule has 1 fully saturated rings. The topological polar surface area (TPSA) is 77.1 Å². The molecule has 0 spiro atoms. The van der Waals surface area contributed by atoms with Crippen molar-refractivity contribution in [2.75, 3.05) is 31.9 Å². The second kappa shape index (κ2) is 7.19. The number of carbonyl (C=O) groups is 2. The minimum Gasteiger partial charge on any atom is -0.497 e. The number of methoxy groups -OCH3 is 1. The first-order chi connectivity index (χ1) is 13.1. The average Bonchev–Trinajstić information content (AvgIpc) is 3.31. The Bertz CT molecular complexity index is 882. The number of hydrogen-bond acceptors (Lipinski definition) is 5. The van der Waals surface area contributed by atoms with Gasteiger partial charge in [-0.2, -0.15) is 0 Å².